The molecule has 1 aromatic heterocycles. The fourth-order valence-corrected chi connectivity index (χ4v) is 9.35. The van der Waals surface area contributed by atoms with Crippen molar-refractivity contribution in [3.8, 4) is 0 Å². The number of nitrogens with one attached hydrogen (secondary N) is 4. The van der Waals surface area contributed by atoms with Crippen molar-refractivity contribution < 1.29 is 33.4 Å². The van der Waals surface area contributed by atoms with Crippen LogP contribution in [0.3, 0.4) is 0 Å². The summed E-state index contributed by atoms with van der Waals surface area (Å²) in [6.45, 7) is 13.6. The van der Waals surface area contributed by atoms with Gasteiger partial charge in [-0.1, -0.05) is 97.0 Å². The maximum absolute atomic E-state index is 14.2. The maximum Gasteiger partial charge on any atom is 0.249 e. The number of aromatic nitrogens is 2. The van der Waals surface area contributed by atoms with Gasteiger partial charge in [0.15, 0.2) is 5.78 Å². The number of likely N-dealkylation sites (N-methyl/N-ethyl adjacent to an activating group) is 2. The van der Waals surface area contributed by atoms with Gasteiger partial charge in [0.2, 0.25) is 33.9 Å². The molecule has 1 aliphatic heterocycles. The standard InChI is InChI=1S/C43H70N8O7S2/c1-14-26(6)36(51(10)41(56)34(24(2)3)46-40(55)35(25(4)5)50(8)9)33(57-11)23-32(52)29-20-21-30(44-29)37(58-12)27(7)38(53)45-31(22-28-18-16-15-17-19-28)39(54)47-42-48-43(59-13)49-60-42/h15-19,24-27,29-31,33-37,44H,14,20-23H2,1-13H3,(H,45,53)(H,46,55)(H,47,48,49,54). The zero-order valence-corrected chi connectivity index (χ0v) is 39.4. The third-order valence-corrected chi connectivity index (χ3v) is 13.0. The zero-order chi connectivity index (χ0) is 44.8. The highest BCUT2D eigenvalue weighted by atomic mass is 32.2. The van der Waals surface area contributed by atoms with Crippen molar-refractivity contribution in [2.75, 3.05) is 46.9 Å². The molecule has 4 N–H and O–H groups in total. The first-order valence-corrected chi connectivity index (χ1v) is 23.0. The van der Waals surface area contributed by atoms with Crippen LogP contribution in [0.1, 0.15) is 79.7 Å². The summed E-state index contributed by atoms with van der Waals surface area (Å²) in [6, 6.07) is 6.10. The number of nitrogens with zero attached hydrogens (tertiary/aromatic N) is 4. The van der Waals surface area contributed by atoms with Crippen molar-refractivity contribution in [3.63, 3.8) is 0 Å². The lowest BCUT2D eigenvalue weighted by Gasteiger charge is -2.40. The smallest absolute Gasteiger partial charge is 0.249 e. The van der Waals surface area contributed by atoms with Crippen LogP contribution in [-0.4, -0.2) is 139 Å². The van der Waals surface area contributed by atoms with E-state index in [1.54, 1.807) is 33.1 Å². The van der Waals surface area contributed by atoms with Crippen LogP contribution in [0, 0.1) is 23.7 Å². The summed E-state index contributed by atoms with van der Waals surface area (Å²) >= 11 is 2.44. The van der Waals surface area contributed by atoms with E-state index in [9.17, 15) is 24.0 Å². The number of hydrogen-bond donors (Lipinski definition) is 4. The van der Waals surface area contributed by atoms with Crippen molar-refractivity contribution in [1.82, 2.24) is 35.1 Å². The molecule has 3 rings (SSSR count). The van der Waals surface area contributed by atoms with Crippen molar-refractivity contribution in [2.45, 2.75) is 134 Å². The Morgan fingerprint density at radius 3 is 2.12 bits per heavy atom. The van der Waals surface area contributed by atoms with Crippen molar-refractivity contribution in [3.05, 3.63) is 35.9 Å². The summed E-state index contributed by atoms with van der Waals surface area (Å²) in [5.41, 5.74) is 0.876. The molecule has 2 heterocycles. The largest absolute Gasteiger partial charge is 0.379 e. The number of ketones is 1. The molecule has 1 fully saturated rings. The highest BCUT2D eigenvalue weighted by Gasteiger charge is 2.42. The van der Waals surface area contributed by atoms with Gasteiger partial charge in [-0.25, -0.2) is 0 Å². The average molecular weight is 875 g/mol. The lowest BCUT2D eigenvalue weighted by molar-refractivity contribution is -0.144. The van der Waals surface area contributed by atoms with Gasteiger partial charge in [0.1, 0.15) is 12.1 Å². The Labute approximate surface area is 365 Å². The van der Waals surface area contributed by atoms with E-state index in [2.05, 4.69) is 30.6 Å². The van der Waals surface area contributed by atoms with Crippen LogP contribution in [0.25, 0.3) is 0 Å². The highest BCUT2D eigenvalue weighted by molar-refractivity contribution is 7.98. The Hall–Kier alpha value is -3.48. The predicted molar refractivity (Wildman–Crippen MR) is 238 cm³/mol. The van der Waals surface area contributed by atoms with Gasteiger partial charge in [-0.3, -0.25) is 34.2 Å². The number of hydrogen-bond acceptors (Lipinski definition) is 13. The summed E-state index contributed by atoms with van der Waals surface area (Å²) in [6.07, 6.45) is 2.80. The molecule has 336 valence electrons. The Kier molecular flexibility index (Phi) is 20.5. The molecule has 0 radical (unpaired) electrons. The Morgan fingerprint density at radius 2 is 1.58 bits per heavy atom. The number of rotatable bonds is 24. The molecule has 60 heavy (non-hydrogen) atoms. The van der Waals surface area contributed by atoms with E-state index in [-0.39, 0.29) is 60.1 Å². The Balaban J connectivity index is 1.72. The summed E-state index contributed by atoms with van der Waals surface area (Å²) < 4.78 is 16.1. The van der Waals surface area contributed by atoms with Gasteiger partial charge in [-0.15, -0.1) is 0 Å². The Bertz CT molecular complexity index is 1690. The third kappa shape index (κ3) is 13.8. The van der Waals surface area contributed by atoms with Gasteiger partial charge in [0, 0.05) is 51.7 Å². The summed E-state index contributed by atoms with van der Waals surface area (Å²) in [5, 5.41) is 13.1. The molecule has 1 saturated heterocycles. The van der Waals surface area contributed by atoms with Crippen molar-refractivity contribution in [1.29, 1.82) is 0 Å². The van der Waals surface area contributed by atoms with Crippen LogP contribution >= 0.6 is 23.3 Å². The van der Waals surface area contributed by atoms with Crippen LogP contribution in [0.2, 0.25) is 0 Å². The first kappa shape index (κ1) is 50.9. The van der Waals surface area contributed by atoms with Gasteiger partial charge < -0.3 is 30.3 Å². The number of anilines is 1. The molecular weight excluding hydrogens is 805 g/mol. The van der Waals surface area contributed by atoms with Gasteiger partial charge in [0.05, 0.1) is 36.3 Å². The number of carbonyl (C=O) groups excluding carboxylic acids is 5. The second kappa shape index (κ2) is 24.2. The number of benzene rings is 1. The summed E-state index contributed by atoms with van der Waals surface area (Å²) in [4.78, 5) is 77.0. The van der Waals surface area contributed by atoms with E-state index in [0.717, 1.165) is 23.5 Å². The highest BCUT2D eigenvalue weighted by Crippen LogP contribution is 2.28. The number of carbonyl (C=O) groups is 5. The van der Waals surface area contributed by atoms with Crippen LogP contribution in [0.4, 0.5) is 5.13 Å². The maximum atomic E-state index is 14.2. The molecule has 4 amide bonds. The van der Waals surface area contributed by atoms with Crippen molar-refractivity contribution >= 4 is 57.8 Å². The van der Waals surface area contributed by atoms with Gasteiger partial charge in [0.25, 0.3) is 0 Å². The molecule has 2 aromatic rings. The molecule has 1 aliphatic rings. The van der Waals surface area contributed by atoms with Crippen LogP contribution < -0.4 is 21.3 Å². The SMILES string of the molecule is CCC(C)C(C(CC(=O)C1CCC(C(OC)C(C)C(=O)NC(Cc2ccccc2)C(=O)Nc2nc(SC)ns2)N1)OC)N(C)C(=O)C(NC(=O)C(C(C)C)N(C)C)C(C)C. The van der Waals surface area contributed by atoms with Gasteiger partial charge in [-0.05, 0) is 56.5 Å². The van der Waals surface area contributed by atoms with E-state index in [4.69, 9.17) is 9.47 Å². The molecule has 0 spiro atoms. The zero-order valence-electron chi connectivity index (χ0n) is 37.8. The number of ether oxygens (including phenoxy) is 2. The molecule has 0 saturated carbocycles. The first-order chi connectivity index (χ1) is 28.4. The minimum atomic E-state index is -0.899. The molecule has 10 atom stereocenters. The van der Waals surface area contributed by atoms with Crippen LogP contribution in [-0.2, 0) is 39.9 Å². The summed E-state index contributed by atoms with van der Waals surface area (Å²) in [5.74, 6) is -2.12. The van der Waals surface area contributed by atoms with E-state index in [1.807, 2.05) is 97.1 Å². The van der Waals surface area contributed by atoms with E-state index >= 15 is 0 Å². The average Bonchev–Trinajstić information content (AvgIpc) is 3.89. The molecule has 0 bridgehead atoms. The number of amides is 4. The molecular formula is C43H70N8O7S2. The molecule has 17 heteroatoms. The minimum Gasteiger partial charge on any atom is -0.379 e. The fourth-order valence-electron chi connectivity index (χ4n) is 8.22. The monoisotopic (exact) mass is 874 g/mol. The number of thioether (sulfide) groups is 1. The molecule has 10 unspecified atom stereocenters. The van der Waals surface area contributed by atoms with Crippen LogP contribution in [0.5, 0.6) is 0 Å². The quantitative estimate of drug-likeness (QED) is 0.110. The fraction of sp³-hybridized carbons (Fsp3) is 0.698. The normalized spacial score (nSPS) is 19.5. The topological polar surface area (TPSA) is 184 Å². The van der Waals surface area contributed by atoms with E-state index in [1.165, 1.54) is 11.8 Å². The number of Topliss-reactive ketones (excluding diaryl/α,β-unsaturated/α-hetero) is 1. The molecule has 15 nitrogen and oxygen atoms in total. The van der Waals surface area contributed by atoms with Crippen molar-refractivity contribution in [2.24, 2.45) is 23.7 Å². The lowest BCUT2D eigenvalue weighted by atomic mass is 9.88. The molecule has 1 aromatic carbocycles. The Morgan fingerprint density at radius 1 is 0.917 bits per heavy atom. The van der Waals surface area contributed by atoms with Gasteiger partial charge >= 0.3 is 0 Å². The number of methoxy groups -OCH3 is 2. The first-order valence-electron chi connectivity index (χ1n) is 21.0. The second-order valence-electron chi connectivity index (χ2n) is 16.9. The molecule has 0 aliphatic carbocycles. The predicted octanol–water partition coefficient (Wildman–Crippen LogP) is 4.27. The van der Waals surface area contributed by atoms with E-state index in [0.29, 0.717) is 23.1 Å². The minimum absolute atomic E-state index is 0.0224. The van der Waals surface area contributed by atoms with Gasteiger partial charge in [-0.2, -0.15) is 9.36 Å². The van der Waals surface area contributed by atoms with Crippen LogP contribution in [0.15, 0.2) is 35.5 Å². The second-order valence-corrected chi connectivity index (χ2v) is 18.4. The lowest BCUT2D eigenvalue weighted by Crippen LogP contribution is -2.59. The third-order valence-electron chi connectivity index (χ3n) is 11.7. The summed E-state index contributed by atoms with van der Waals surface area (Å²) in [7, 11) is 8.54. The van der Waals surface area contributed by atoms with E-state index < -0.39 is 54.2 Å².